The van der Waals surface area contributed by atoms with Crippen molar-refractivity contribution in [3.8, 4) is 23.3 Å². The summed E-state index contributed by atoms with van der Waals surface area (Å²) in [5.74, 6) is 2.02. The molecule has 1 heterocycles. The van der Waals surface area contributed by atoms with Crippen LogP contribution < -0.4 is 19.5 Å². The Kier molecular flexibility index (Phi) is 4.46. The summed E-state index contributed by atoms with van der Waals surface area (Å²) in [4.78, 5) is 4.15. The van der Waals surface area contributed by atoms with Crippen LogP contribution in [0.2, 0.25) is 0 Å². The molecule has 0 unspecified atom stereocenters. The molecule has 2 rings (SSSR count). The molecule has 1 aromatic carbocycles. The maximum Gasteiger partial charge on any atom is 0.203 e. The molecule has 0 radical (unpaired) electrons. The van der Waals surface area contributed by atoms with Gasteiger partial charge in [0.25, 0.3) is 0 Å². The third kappa shape index (κ3) is 2.98. The first-order valence-corrected chi connectivity index (χ1v) is 6.15. The highest BCUT2D eigenvalue weighted by Crippen LogP contribution is 2.40. The van der Waals surface area contributed by atoms with E-state index in [1.807, 2.05) is 0 Å². The molecule has 0 spiro atoms. The smallest absolute Gasteiger partial charge is 0.203 e. The van der Waals surface area contributed by atoms with Crippen molar-refractivity contribution in [3.05, 3.63) is 36.0 Å². The number of pyridine rings is 1. The number of methoxy groups -OCH3 is 3. The summed E-state index contributed by atoms with van der Waals surface area (Å²) in [5, 5.41) is 12.2. The highest BCUT2D eigenvalue weighted by Gasteiger charge is 2.14. The molecule has 0 saturated heterocycles. The van der Waals surface area contributed by atoms with Crippen LogP contribution in [0.4, 0.5) is 11.5 Å². The summed E-state index contributed by atoms with van der Waals surface area (Å²) in [6, 6.07) is 8.97. The fourth-order valence-corrected chi connectivity index (χ4v) is 1.89. The van der Waals surface area contributed by atoms with Gasteiger partial charge in [-0.15, -0.1) is 0 Å². The number of benzene rings is 1. The summed E-state index contributed by atoms with van der Waals surface area (Å²) in [6.07, 6.45) is 1.61. The number of hydrogen-bond acceptors (Lipinski definition) is 6. The summed E-state index contributed by atoms with van der Waals surface area (Å²) in [7, 11) is 4.63. The Balaban J connectivity index is 2.43. The SMILES string of the molecule is COc1cc(Nc2ncccc2C#N)cc(OC)c1OC. The van der Waals surface area contributed by atoms with Gasteiger partial charge in [-0.1, -0.05) is 0 Å². The Bertz CT molecular complexity index is 655. The van der Waals surface area contributed by atoms with Gasteiger partial charge in [0.1, 0.15) is 11.9 Å². The largest absolute Gasteiger partial charge is 0.493 e. The van der Waals surface area contributed by atoms with Crippen molar-refractivity contribution in [3.63, 3.8) is 0 Å². The lowest BCUT2D eigenvalue weighted by Crippen LogP contribution is -2.00. The zero-order chi connectivity index (χ0) is 15.2. The van der Waals surface area contributed by atoms with E-state index in [1.54, 1.807) is 51.8 Å². The van der Waals surface area contributed by atoms with Crippen LogP contribution in [-0.2, 0) is 0 Å². The number of nitrogens with one attached hydrogen (secondary N) is 1. The van der Waals surface area contributed by atoms with Crippen molar-refractivity contribution >= 4 is 11.5 Å². The monoisotopic (exact) mass is 285 g/mol. The summed E-state index contributed by atoms with van der Waals surface area (Å²) < 4.78 is 15.8. The third-order valence-corrected chi connectivity index (χ3v) is 2.86. The van der Waals surface area contributed by atoms with Crippen molar-refractivity contribution in [2.24, 2.45) is 0 Å². The molecule has 1 N–H and O–H groups in total. The molecule has 6 heteroatoms. The first kappa shape index (κ1) is 14.5. The summed E-state index contributed by atoms with van der Waals surface area (Å²) in [6.45, 7) is 0. The number of nitriles is 1. The fourth-order valence-electron chi connectivity index (χ4n) is 1.89. The standard InChI is InChI=1S/C15H15N3O3/c1-19-12-7-11(8-13(20-2)14(12)21-3)18-15-10(9-16)5-4-6-17-15/h4-8H,1-3H3,(H,17,18). The maximum absolute atomic E-state index is 9.08. The topological polar surface area (TPSA) is 76.4 Å². The van der Waals surface area contributed by atoms with Crippen LogP contribution in [0.5, 0.6) is 17.2 Å². The van der Waals surface area contributed by atoms with Crippen LogP contribution in [0, 0.1) is 11.3 Å². The molecule has 1 aromatic heterocycles. The lowest BCUT2D eigenvalue weighted by atomic mass is 10.2. The lowest BCUT2D eigenvalue weighted by molar-refractivity contribution is 0.324. The fraction of sp³-hybridized carbons (Fsp3) is 0.200. The minimum atomic E-state index is 0.450. The van der Waals surface area contributed by atoms with Gasteiger partial charge in [0.2, 0.25) is 5.75 Å². The molecule has 0 aliphatic rings. The van der Waals surface area contributed by atoms with E-state index in [1.165, 1.54) is 0 Å². The molecule has 6 nitrogen and oxygen atoms in total. The first-order chi connectivity index (χ1) is 10.2. The van der Waals surface area contributed by atoms with E-state index in [0.717, 1.165) is 0 Å². The number of anilines is 2. The van der Waals surface area contributed by atoms with Gasteiger partial charge in [-0.2, -0.15) is 5.26 Å². The van der Waals surface area contributed by atoms with E-state index in [0.29, 0.717) is 34.3 Å². The molecule has 0 aliphatic heterocycles. The molecule has 2 aromatic rings. The molecular weight excluding hydrogens is 270 g/mol. The molecule has 108 valence electrons. The number of hydrogen-bond donors (Lipinski definition) is 1. The molecule has 0 amide bonds. The molecule has 0 bridgehead atoms. The van der Waals surface area contributed by atoms with Gasteiger partial charge >= 0.3 is 0 Å². The quantitative estimate of drug-likeness (QED) is 0.910. The average Bonchev–Trinajstić information content (AvgIpc) is 2.54. The van der Waals surface area contributed by atoms with E-state index >= 15 is 0 Å². The minimum absolute atomic E-state index is 0.450. The van der Waals surface area contributed by atoms with Crippen molar-refractivity contribution in [2.75, 3.05) is 26.6 Å². The van der Waals surface area contributed by atoms with E-state index in [2.05, 4.69) is 16.4 Å². The van der Waals surface area contributed by atoms with Gasteiger partial charge in [-0.05, 0) is 12.1 Å². The number of nitrogens with zero attached hydrogens (tertiary/aromatic N) is 2. The van der Waals surface area contributed by atoms with E-state index in [-0.39, 0.29) is 0 Å². The molecular formula is C15H15N3O3. The Morgan fingerprint density at radius 3 is 2.29 bits per heavy atom. The Hall–Kier alpha value is -2.94. The van der Waals surface area contributed by atoms with Crippen molar-refractivity contribution < 1.29 is 14.2 Å². The first-order valence-electron chi connectivity index (χ1n) is 6.15. The number of aromatic nitrogens is 1. The normalized spacial score (nSPS) is 9.62. The van der Waals surface area contributed by atoms with Crippen molar-refractivity contribution in [1.29, 1.82) is 5.26 Å². The van der Waals surface area contributed by atoms with E-state index in [4.69, 9.17) is 19.5 Å². The van der Waals surface area contributed by atoms with Crippen LogP contribution in [0.25, 0.3) is 0 Å². The predicted octanol–water partition coefficient (Wildman–Crippen LogP) is 2.72. The van der Waals surface area contributed by atoms with Crippen LogP contribution in [0.15, 0.2) is 30.5 Å². The Morgan fingerprint density at radius 2 is 1.76 bits per heavy atom. The summed E-state index contributed by atoms with van der Waals surface area (Å²) in [5.41, 5.74) is 1.13. The second-order valence-electron chi connectivity index (χ2n) is 4.05. The molecule has 0 fully saturated rings. The molecule has 0 saturated carbocycles. The lowest BCUT2D eigenvalue weighted by Gasteiger charge is -2.15. The zero-order valence-electron chi connectivity index (χ0n) is 12.0. The van der Waals surface area contributed by atoms with Crippen LogP contribution in [0.3, 0.4) is 0 Å². The highest BCUT2D eigenvalue weighted by atomic mass is 16.5. The van der Waals surface area contributed by atoms with Gasteiger partial charge in [0, 0.05) is 24.0 Å². The number of rotatable bonds is 5. The third-order valence-electron chi connectivity index (χ3n) is 2.86. The van der Waals surface area contributed by atoms with Crippen LogP contribution in [0.1, 0.15) is 5.56 Å². The zero-order valence-corrected chi connectivity index (χ0v) is 12.0. The number of ether oxygens (including phenoxy) is 3. The van der Waals surface area contributed by atoms with E-state index in [9.17, 15) is 0 Å². The Labute approximate surface area is 122 Å². The van der Waals surface area contributed by atoms with Gasteiger partial charge in [0.15, 0.2) is 11.5 Å². The van der Waals surface area contributed by atoms with Gasteiger partial charge < -0.3 is 19.5 Å². The summed E-state index contributed by atoms with van der Waals surface area (Å²) >= 11 is 0. The molecule has 21 heavy (non-hydrogen) atoms. The minimum Gasteiger partial charge on any atom is -0.493 e. The van der Waals surface area contributed by atoms with Crippen molar-refractivity contribution in [2.45, 2.75) is 0 Å². The average molecular weight is 285 g/mol. The predicted molar refractivity (Wildman–Crippen MR) is 78.3 cm³/mol. The van der Waals surface area contributed by atoms with Gasteiger partial charge in [0.05, 0.1) is 26.9 Å². The van der Waals surface area contributed by atoms with E-state index < -0.39 is 0 Å². The van der Waals surface area contributed by atoms with Gasteiger partial charge in [-0.25, -0.2) is 4.98 Å². The van der Waals surface area contributed by atoms with Crippen LogP contribution in [-0.4, -0.2) is 26.3 Å². The Morgan fingerprint density at radius 1 is 1.10 bits per heavy atom. The van der Waals surface area contributed by atoms with Crippen molar-refractivity contribution in [1.82, 2.24) is 4.98 Å². The second-order valence-corrected chi connectivity index (χ2v) is 4.05. The molecule has 0 aliphatic carbocycles. The molecule has 0 atom stereocenters. The van der Waals surface area contributed by atoms with Crippen LogP contribution >= 0.6 is 0 Å². The maximum atomic E-state index is 9.08. The van der Waals surface area contributed by atoms with Gasteiger partial charge in [-0.3, -0.25) is 0 Å². The highest BCUT2D eigenvalue weighted by molar-refractivity contribution is 5.69. The second kappa shape index (κ2) is 6.48.